The fourth-order valence-corrected chi connectivity index (χ4v) is 5.21. The number of hydrogen-bond acceptors (Lipinski definition) is 4. The summed E-state index contributed by atoms with van der Waals surface area (Å²) < 4.78 is 31.9. The minimum absolute atomic E-state index is 0.178. The number of para-hydroxylation sites is 1. The summed E-state index contributed by atoms with van der Waals surface area (Å²) >= 11 is 0. The van der Waals surface area contributed by atoms with Crippen LogP contribution in [0.3, 0.4) is 0 Å². The highest BCUT2D eigenvalue weighted by Crippen LogP contribution is 2.47. The molecule has 0 fully saturated rings. The van der Waals surface area contributed by atoms with Gasteiger partial charge in [-0.3, -0.25) is 4.48 Å². The fourth-order valence-electron chi connectivity index (χ4n) is 4.74. The van der Waals surface area contributed by atoms with Gasteiger partial charge < -0.3 is 9.87 Å². The molecule has 0 saturated heterocycles. The predicted octanol–water partition coefficient (Wildman–Crippen LogP) is 7.07. The lowest BCUT2D eigenvalue weighted by molar-refractivity contribution is 0.463. The Morgan fingerprint density at radius 3 is 2.16 bits per heavy atom. The Morgan fingerprint density at radius 2 is 1.51 bits per heavy atom. The van der Waals surface area contributed by atoms with Gasteiger partial charge in [0.25, 0.3) is 0 Å². The van der Waals surface area contributed by atoms with Crippen molar-refractivity contribution < 1.29 is 13.0 Å². The monoisotopic (exact) mass is 512 g/mol. The summed E-state index contributed by atoms with van der Waals surface area (Å²) in [5.74, 6) is 0. The molecule has 1 aliphatic rings. The Morgan fingerprint density at radius 1 is 0.865 bits per heavy atom. The zero-order chi connectivity index (χ0) is 26.6. The second-order valence-corrected chi connectivity index (χ2v) is 10.8. The van der Waals surface area contributed by atoms with Gasteiger partial charge in [-0.1, -0.05) is 67.1 Å². The van der Waals surface area contributed by atoms with Crippen LogP contribution in [0.4, 0.5) is 11.4 Å². The fraction of sp³-hybridized carbons (Fsp3) is 0.161. The van der Waals surface area contributed by atoms with E-state index in [2.05, 4.69) is 87.1 Å². The molecule has 0 amide bonds. The minimum atomic E-state index is -4.27. The van der Waals surface area contributed by atoms with E-state index in [1.54, 1.807) is 12.1 Å². The molecule has 0 bridgehead atoms. The number of nitrogens with one attached hydrogen (secondary N) is 1. The highest BCUT2D eigenvalue weighted by molar-refractivity contribution is 7.85. The van der Waals surface area contributed by atoms with Crippen molar-refractivity contribution in [1.82, 2.24) is 4.48 Å². The van der Waals surface area contributed by atoms with Crippen LogP contribution < -0.4 is 9.80 Å². The molecule has 0 saturated carbocycles. The van der Waals surface area contributed by atoms with Gasteiger partial charge >= 0.3 is 0 Å². The van der Waals surface area contributed by atoms with E-state index in [0.717, 1.165) is 22.2 Å². The van der Waals surface area contributed by atoms with Gasteiger partial charge in [0.2, 0.25) is 0 Å². The number of rotatable bonds is 5. The van der Waals surface area contributed by atoms with Crippen LogP contribution in [-0.4, -0.2) is 27.1 Å². The third kappa shape index (κ3) is 5.67. The molecule has 5 nitrogen and oxygen atoms in total. The molecule has 0 atom stereocenters. The number of quaternary nitrogens is 1. The summed E-state index contributed by atoms with van der Waals surface area (Å²) in [5.41, 5.74) is 7.61. The van der Waals surface area contributed by atoms with Crippen molar-refractivity contribution in [3.8, 4) is 0 Å². The van der Waals surface area contributed by atoms with Crippen molar-refractivity contribution in [3.63, 3.8) is 0 Å². The first-order valence-electron chi connectivity index (χ1n) is 12.2. The summed E-state index contributed by atoms with van der Waals surface area (Å²) in [5, 5.41) is 6.06. The molecular formula is C31H32N2O3S. The molecule has 0 spiro atoms. The lowest BCUT2D eigenvalue weighted by Gasteiger charge is -2.26. The molecule has 1 N–H and O–H groups in total. The summed E-state index contributed by atoms with van der Waals surface area (Å²) in [7, 11) is 0.283. The van der Waals surface area contributed by atoms with Crippen LogP contribution >= 0.6 is 0 Å². The Balaban J connectivity index is 0.000000245. The number of fused-ring (bicyclic) bond motifs is 3. The van der Waals surface area contributed by atoms with E-state index in [-0.39, 0.29) is 4.90 Å². The molecule has 6 heteroatoms. The summed E-state index contributed by atoms with van der Waals surface area (Å²) in [6.07, 6.45) is 5.32. The van der Waals surface area contributed by atoms with E-state index in [4.69, 9.17) is 0 Å². The number of allylic oxidation sites excluding steroid dienone is 2. The average molecular weight is 513 g/mol. The molecule has 1 aliphatic heterocycles. The number of likely N-dealkylation sites (N-methyl/N-ethyl adjacent to an activating group) is 1. The van der Waals surface area contributed by atoms with E-state index in [1.165, 1.54) is 45.4 Å². The van der Waals surface area contributed by atoms with Crippen molar-refractivity contribution >= 4 is 37.8 Å². The van der Waals surface area contributed by atoms with Crippen molar-refractivity contribution in [2.45, 2.75) is 25.2 Å². The third-order valence-electron chi connectivity index (χ3n) is 6.65. The number of benzene rings is 4. The van der Waals surface area contributed by atoms with Crippen LogP contribution in [0.25, 0.3) is 16.3 Å². The normalized spacial score (nSPS) is 14.4. The molecule has 1 heterocycles. The molecule has 190 valence electrons. The molecule has 0 aliphatic carbocycles. The summed E-state index contributed by atoms with van der Waals surface area (Å²) in [6.45, 7) is 4.08. The SMILES string of the molecule is CCC1=C(C=CNc2ccccc2)[N+](C)(C)c2ccc3ccccc3c21.Cc1ccc(S(=O)(=O)[O-])cc1. The predicted molar refractivity (Wildman–Crippen MR) is 153 cm³/mol. The maximum absolute atomic E-state index is 10.4. The quantitative estimate of drug-likeness (QED) is 0.229. The third-order valence-corrected chi connectivity index (χ3v) is 7.50. The number of hydrogen-bond donors (Lipinski definition) is 1. The first-order chi connectivity index (χ1) is 17.6. The maximum Gasteiger partial charge on any atom is 0.145 e. The van der Waals surface area contributed by atoms with Crippen LogP contribution in [0, 0.1) is 6.92 Å². The zero-order valence-corrected chi connectivity index (χ0v) is 22.4. The largest absolute Gasteiger partial charge is 0.744 e. The van der Waals surface area contributed by atoms with E-state index in [1.807, 2.05) is 25.1 Å². The van der Waals surface area contributed by atoms with E-state index < -0.39 is 10.1 Å². The minimum Gasteiger partial charge on any atom is -0.744 e. The Hall–Kier alpha value is -3.71. The number of nitrogens with zero attached hydrogens (tertiary/aromatic N) is 1. The van der Waals surface area contributed by atoms with E-state index in [0.29, 0.717) is 0 Å². The van der Waals surface area contributed by atoms with Crippen LogP contribution in [0.2, 0.25) is 0 Å². The van der Waals surface area contributed by atoms with Gasteiger partial charge in [0.05, 0.1) is 24.6 Å². The van der Waals surface area contributed by atoms with Gasteiger partial charge in [0, 0.05) is 29.6 Å². The highest BCUT2D eigenvalue weighted by Gasteiger charge is 2.38. The van der Waals surface area contributed by atoms with Crippen LogP contribution in [0.1, 0.15) is 24.5 Å². The average Bonchev–Trinajstić information content (AvgIpc) is 3.11. The second kappa shape index (κ2) is 10.7. The van der Waals surface area contributed by atoms with Gasteiger partial charge in [0.1, 0.15) is 21.5 Å². The van der Waals surface area contributed by atoms with Crippen LogP contribution in [-0.2, 0) is 10.1 Å². The molecule has 4 aromatic carbocycles. The Kier molecular flexibility index (Phi) is 7.64. The standard InChI is InChI=1S/C24H25N2.C7H8O3S/c1-4-20-22(16-17-25-19-11-6-5-7-12-19)26(2,3)23-15-14-18-10-8-9-13-21(18)24(20)23;1-6-2-4-7(5-3-6)11(8,9)10/h5-17,25H,4H2,1-3H3;2-5H,1H3,(H,8,9,10)/q+1;/p-1. The Bertz CT molecular complexity index is 1570. The highest BCUT2D eigenvalue weighted by atomic mass is 32.2. The van der Waals surface area contributed by atoms with Gasteiger partial charge in [-0.15, -0.1) is 0 Å². The Labute approximate surface area is 219 Å². The van der Waals surface area contributed by atoms with Crippen molar-refractivity contribution in [2.24, 2.45) is 0 Å². The van der Waals surface area contributed by atoms with Crippen molar-refractivity contribution in [3.05, 3.63) is 120 Å². The molecule has 0 radical (unpaired) electrons. The van der Waals surface area contributed by atoms with E-state index in [9.17, 15) is 13.0 Å². The number of anilines is 1. The molecule has 5 rings (SSSR count). The molecule has 37 heavy (non-hydrogen) atoms. The first kappa shape index (κ1) is 26.4. The van der Waals surface area contributed by atoms with Gasteiger partial charge in [-0.2, -0.15) is 0 Å². The van der Waals surface area contributed by atoms with Gasteiger partial charge in [-0.25, -0.2) is 8.42 Å². The topological polar surface area (TPSA) is 69.2 Å². The smallest absolute Gasteiger partial charge is 0.145 e. The molecular weight excluding hydrogens is 480 g/mol. The lowest BCUT2D eigenvalue weighted by Crippen LogP contribution is -2.36. The van der Waals surface area contributed by atoms with Gasteiger partial charge in [0.15, 0.2) is 0 Å². The van der Waals surface area contributed by atoms with Crippen molar-refractivity contribution in [2.75, 3.05) is 19.4 Å². The molecule has 0 aromatic heterocycles. The van der Waals surface area contributed by atoms with Gasteiger partial charge in [-0.05, 0) is 54.4 Å². The molecule has 0 unspecified atom stereocenters. The van der Waals surface area contributed by atoms with Crippen LogP contribution in [0.5, 0.6) is 0 Å². The van der Waals surface area contributed by atoms with E-state index >= 15 is 0 Å². The number of aryl methyl sites for hydroxylation is 1. The molecule has 4 aromatic rings. The first-order valence-corrected chi connectivity index (χ1v) is 13.6. The zero-order valence-electron chi connectivity index (χ0n) is 21.6. The van der Waals surface area contributed by atoms with Crippen molar-refractivity contribution in [1.29, 1.82) is 0 Å². The van der Waals surface area contributed by atoms with Crippen LogP contribution in [0.15, 0.2) is 114 Å². The lowest BCUT2D eigenvalue weighted by atomic mass is 9.96. The second-order valence-electron chi connectivity index (χ2n) is 9.46. The summed E-state index contributed by atoms with van der Waals surface area (Å²) in [4.78, 5) is -0.178. The maximum atomic E-state index is 10.4. The summed E-state index contributed by atoms with van der Waals surface area (Å²) in [6, 6.07) is 29.3.